The molecule has 0 saturated carbocycles. The average molecular weight is 357 g/mol. The number of benzene rings is 2. The van der Waals surface area contributed by atoms with Crippen LogP contribution in [0.3, 0.4) is 0 Å². The van der Waals surface area contributed by atoms with Crippen LogP contribution < -0.4 is 15.8 Å². The summed E-state index contributed by atoms with van der Waals surface area (Å²) in [6.07, 6.45) is 0. The van der Waals surface area contributed by atoms with Crippen LogP contribution in [-0.2, 0) is 4.79 Å². The van der Waals surface area contributed by atoms with Crippen molar-refractivity contribution in [2.45, 2.75) is 0 Å². The summed E-state index contributed by atoms with van der Waals surface area (Å²) in [5.41, 5.74) is 6.29. The fourth-order valence-electron chi connectivity index (χ4n) is 1.54. The maximum Gasteiger partial charge on any atom is 0.262 e. The van der Waals surface area contributed by atoms with Gasteiger partial charge in [0, 0.05) is 11.8 Å². The zero-order chi connectivity index (χ0) is 15.4. The predicted molar refractivity (Wildman–Crippen MR) is 79.0 cm³/mol. The number of hydrogen-bond acceptors (Lipinski definition) is 3. The Morgan fingerprint density at radius 1 is 1.24 bits per heavy atom. The SMILES string of the molecule is Nc1cc(Br)c(F)cc1OCC(=O)Nc1ccc(F)cc1. The lowest BCUT2D eigenvalue weighted by molar-refractivity contribution is -0.118. The van der Waals surface area contributed by atoms with Crippen LogP contribution in [0.4, 0.5) is 20.2 Å². The molecular weight excluding hydrogens is 346 g/mol. The Kier molecular flexibility index (Phi) is 4.74. The summed E-state index contributed by atoms with van der Waals surface area (Å²) in [6, 6.07) is 7.71. The molecule has 2 rings (SSSR count). The fraction of sp³-hybridized carbons (Fsp3) is 0.0714. The Hall–Kier alpha value is -2.15. The van der Waals surface area contributed by atoms with Crippen LogP contribution >= 0.6 is 15.9 Å². The zero-order valence-corrected chi connectivity index (χ0v) is 12.3. The number of carbonyl (C=O) groups is 1. The summed E-state index contributed by atoms with van der Waals surface area (Å²) in [7, 11) is 0. The number of nitrogens with one attached hydrogen (secondary N) is 1. The Labute approximate surface area is 128 Å². The van der Waals surface area contributed by atoms with Crippen molar-refractivity contribution in [1.29, 1.82) is 0 Å². The van der Waals surface area contributed by atoms with Gasteiger partial charge in [0.05, 0.1) is 10.2 Å². The molecule has 0 aliphatic rings. The normalized spacial score (nSPS) is 10.2. The van der Waals surface area contributed by atoms with Crippen molar-refractivity contribution in [3.05, 3.63) is 52.5 Å². The van der Waals surface area contributed by atoms with E-state index in [-0.39, 0.29) is 22.5 Å². The third-order valence-corrected chi connectivity index (χ3v) is 3.15. The van der Waals surface area contributed by atoms with Crippen molar-refractivity contribution >= 4 is 33.2 Å². The quantitative estimate of drug-likeness (QED) is 0.825. The maximum atomic E-state index is 13.3. The molecule has 0 spiro atoms. The summed E-state index contributed by atoms with van der Waals surface area (Å²) < 4.78 is 31.4. The second-order valence-electron chi connectivity index (χ2n) is 4.15. The summed E-state index contributed by atoms with van der Waals surface area (Å²) in [5.74, 6) is -1.34. The van der Waals surface area contributed by atoms with E-state index in [4.69, 9.17) is 10.5 Å². The molecule has 7 heteroatoms. The number of hydrogen-bond donors (Lipinski definition) is 2. The van der Waals surface area contributed by atoms with Gasteiger partial charge in [-0.3, -0.25) is 4.79 Å². The number of rotatable bonds is 4. The molecule has 0 heterocycles. The number of amides is 1. The first-order valence-corrected chi connectivity index (χ1v) is 6.68. The van der Waals surface area contributed by atoms with Gasteiger partial charge in [-0.15, -0.1) is 0 Å². The van der Waals surface area contributed by atoms with Crippen molar-refractivity contribution in [3.63, 3.8) is 0 Å². The highest BCUT2D eigenvalue weighted by Crippen LogP contribution is 2.28. The minimum Gasteiger partial charge on any atom is -0.481 e. The van der Waals surface area contributed by atoms with Gasteiger partial charge < -0.3 is 15.8 Å². The molecule has 4 nitrogen and oxygen atoms in total. The first-order valence-electron chi connectivity index (χ1n) is 5.88. The Bertz CT molecular complexity index is 663. The van der Waals surface area contributed by atoms with Crippen LogP contribution in [-0.4, -0.2) is 12.5 Å². The summed E-state index contributed by atoms with van der Waals surface area (Å²) >= 11 is 2.99. The largest absolute Gasteiger partial charge is 0.481 e. The van der Waals surface area contributed by atoms with E-state index in [1.165, 1.54) is 30.3 Å². The van der Waals surface area contributed by atoms with Crippen molar-refractivity contribution in [2.24, 2.45) is 0 Å². The van der Waals surface area contributed by atoms with Crippen LogP contribution in [0.15, 0.2) is 40.9 Å². The van der Waals surface area contributed by atoms with Crippen molar-refractivity contribution < 1.29 is 18.3 Å². The van der Waals surface area contributed by atoms with Gasteiger partial charge in [0.15, 0.2) is 6.61 Å². The van der Waals surface area contributed by atoms with Crippen LogP contribution in [0.2, 0.25) is 0 Å². The molecule has 0 aromatic heterocycles. The molecule has 0 fully saturated rings. The minimum atomic E-state index is -0.543. The molecular formula is C14H11BrF2N2O2. The van der Waals surface area contributed by atoms with Crippen molar-refractivity contribution in [3.8, 4) is 5.75 Å². The van der Waals surface area contributed by atoms with E-state index >= 15 is 0 Å². The van der Waals surface area contributed by atoms with Gasteiger partial charge in [-0.05, 0) is 46.3 Å². The average Bonchev–Trinajstić information content (AvgIpc) is 2.44. The monoisotopic (exact) mass is 356 g/mol. The topological polar surface area (TPSA) is 64.3 Å². The molecule has 0 saturated heterocycles. The highest BCUT2D eigenvalue weighted by molar-refractivity contribution is 9.10. The highest BCUT2D eigenvalue weighted by Gasteiger charge is 2.09. The summed E-state index contributed by atoms with van der Waals surface area (Å²) in [4.78, 5) is 11.7. The number of halogens is 3. The Balaban J connectivity index is 1.95. The van der Waals surface area contributed by atoms with Gasteiger partial charge in [0.1, 0.15) is 17.4 Å². The second kappa shape index (κ2) is 6.53. The second-order valence-corrected chi connectivity index (χ2v) is 5.00. The highest BCUT2D eigenvalue weighted by atomic mass is 79.9. The van der Waals surface area contributed by atoms with E-state index in [9.17, 15) is 13.6 Å². The number of anilines is 2. The smallest absolute Gasteiger partial charge is 0.262 e. The Morgan fingerprint density at radius 3 is 2.57 bits per heavy atom. The molecule has 3 N–H and O–H groups in total. The third-order valence-electron chi connectivity index (χ3n) is 2.54. The minimum absolute atomic E-state index is 0.0740. The predicted octanol–water partition coefficient (Wildman–Crippen LogP) is 3.33. The van der Waals surface area contributed by atoms with E-state index in [1.54, 1.807) is 0 Å². The lowest BCUT2D eigenvalue weighted by Crippen LogP contribution is -2.20. The van der Waals surface area contributed by atoms with E-state index in [1.807, 2.05) is 0 Å². The van der Waals surface area contributed by atoms with E-state index in [0.717, 1.165) is 6.07 Å². The lowest BCUT2D eigenvalue weighted by Gasteiger charge is -2.10. The van der Waals surface area contributed by atoms with Crippen molar-refractivity contribution in [1.82, 2.24) is 0 Å². The first-order chi connectivity index (χ1) is 9.95. The molecule has 21 heavy (non-hydrogen) atoms. The molecule has 110 valence electrons. The first kappa shape index (κ1) is 15.2. The number of ether oxygens (including phenoxy) is 1. The van der Waals surface area contributed by atoms with E-state index in [0.29, 0.717) is 5.69 Å². The van der Waals surface area contributed by atoms with Gasteiger partial charge >= 0.3 is 0 Å². The van der Waals surface area contributed by atoms with Gasteiger partial charge in [-0.2, -0.15) is 0 Å². The summed E-state index contributed by atoms with van der Waals surface area (Å²) in [6.45, 7) is -0.345. The molecule has 2 aromatic carbocycles. The molecule has 0 unspecified atom stereocenters. The van der Waals surface area contributed by atoms with Crippen LogP contribution in [0.5, 0.6) is 5.75 Å². The standard InChI is InChI=1S/C14H11BrF2N2O2/c15-10-5-12(18)13(6-11(10)17)21-7-14(20)19-9-3-1-8(16)2-4-9/h1-6H,7,18H2,(H,19,20). The van der Waals surface area contributed by atoms with Gasteiger partial charge in [-0.25, -0.2) is 8.78 Å². The van der Waals surface area contributed by atoms with Gasteiger partial charge in [-0.1, -0.05) is 0 Å². The fourth-order valence-corrected chi connectivity index (χ4v) is 1.90. The molecule has 1 amide bonds. The van der Waals surface area contributed by atoms with Crippen LogP contribution in [0.1, 0.15) is 0 Å². The lowest BCUT2D eigenvalue weighted by atomic mass is 10.3. The van der Waals surface area contributed by atoms with E-state index in [2.05, 4.69) is 21.2 Å². The van der Waals surface area contributed by atoms with Crippen LogP contribution in [0.25, 0.3) is 0 Å². The number of nitrogens with two attached hydrogens (primary N) is 1. The maximum absolute atomic E-state index is 13.3. The summed E-state index contributed by atoms with van der Waals surface area (Å²) in [5, 5.41) is 2.51. The third kappa shape index (κ3) is 4.16. The van der Waals surface area contributed by atoms with E-state index < -0.39 is 17.5 Å². The molecule has 0 aliphatic carbocycles. The van der Waals surface area contributed by atoms with Crippen molar-refractivity contribution in [2.75, 3.05) is 17.7 Å². The molecule has 0 radical (unpaired) electrons. The molecule has 0 bridgehead atoms. The van der Waals surface area contributed by atoms with Gasteiger partial charge in [0.2, 0.25) is 0 Å². The molecule has 0 aliphatic heterocycles. The molecule has 0 atom stereocenters. The number of nitrogen functional groups attached to an aromatic ring is 1. The Morgan fingerprint density at radius 2 is 1.90 bits per heavy atom. The number of carbonyl (C=O) groups excluding carboxylic acids is 1. The zero-order valence-electron chi connectivity index (χ0n) is 10.7. The van der Waals surface area contributed by atoms with Gasteiger partial charge in [0.25, 0.3) is 5.91 Å². The molecule has 2 aromatic rings. The van der Waals surface area contributed by atoms with Crippen LogP contribution in [0, 0.1) is 11.6 Å².